The quantitative estimate of drug-likeness (QED) is 0.892. The number of aliphatic hydroxyl groups excluding tert-OH is 1. The predicted molar refractivity (Wildman–Crippen MR) is 78.8 cm³/mol. The molecule has 1 unspecified atom stereocenters. The Morgan fingerprint density at radius 1 is 1.40 bits per heavy atom. The van der Waals surface area contributed by atoms with E-state index in [1.165, 1.54) is 0 Å². The highest BCUT2D eigenvalue weighted by molar-refractivity contribution is 6.31. The van der Waals surface area contributed by atoms with E-state index in [2.05, 4.69) is 17.0 Å². The second kappa shape index (κ2) is 6.41. The van der Waals surface area contributed by atoms with Gasteiger partial charge in [0, 0.05) is 19.5 Å². The molecule has 0 saturated carbocycles. The largest absolute Gasteiger partial charge is 0.386 e. The lowest BCUT2D eigenvalue weighted by atomic mass is 10.1. The van der Waals surface area contributed by atoms with Crippen LogP contribution in [0.3, 0.4) is 0 Å². The molecule has 20 heavy (non-hydrogen) atoms. The third-order valence-electron chi connectivity index (χ3n) is 3.39. The number of hydrogen-bond acceptors (Lipinski definition) is 3. The van der Waals surface area contributed by atoms with Crippen LogP contribution in [0.4, 0.5) is 0 Å². The van der Waals surface area contributed by atoms with Crippen molar-refractivity contribution in [2.75, 3.05) is 0 Å². The van der Waals surface area contributed by atoms with Crippen LogP contribution in [0.5, 0.6) is 0 Å². The summed E-state index contributed by atoms with van der Waals surface area (Å²) in [4.78, 5) is 4.12. The Morgan fingerprint density at radius 3 is 2.80 bits per heavy atom. The van der Waals surface area contributed by atoms with Gasteiger partial charge in [0.25, 0.3) is 0 Å². The summed E-state index contributed by atoms with van der Waals surface area (Å²) in [5, 5.41) is 15.5. The van der Waals surface area contributed by atoms with Gasteiger partial charge in [0.2, 0.25) is 0 Å². The topological polar surface area (TPSA) is 55.9 Å². The van der Waals surface area contributed by atoms with Crippen molar-refractivity contribution in [2.45, 2.75) is 52.8 Å². The summed E-state index contributed by atoms with van der Waals surface area (Å²) < 4.78 is 3.83. The molecule has 0 spiro atoms. The van der Waals surface area contributed by atoms with Crippen LogP contribution >= 0.6 is 11.6 Å². The van der Waals surface area contributed by atoms with Crippen molar-refractivity contribution in [3.63, 3.8) is 0 Å². The van der Waals surface area contributed by atoms with E-state index in [4.69, 9.17) is 11.6 Å². The zero-order chi connectivity index (χ0) is 14.7. The lowest BCUT2D eigenvalue weighted by molar-refractivity contribution is 0.165. The Labute approximate surface area is 124 Å². The van der Waals surface area contributed by atoms with Crippen molar-refractivity contribution in [2.24, 2.45) is 0 Å². The van der Waals surface area contributed by atoms with E-state index in [1.807, 2.05) is 23.1 Å². The summed E-state index contributed by atoms with van der Waals surface area (Å²) in [7, 11) is 0. The first-order valence-corrected chi connectivity index (χ1v) is 7.36. The van der Waals surface area contributed by atoms with Gasteiger partial charge in [-0.25, -0.2) is 4.98 Å². The van der Waals surface area contributed by atoms with Crippen LogP contribution in [0.2, 0.25) is 5.02 Å². The fourth-order valence-electron chi connectivity index (χ4n) is 2.39. The first kappa shape index (κ1) is 15.1. The molecule has 2 rings (SSSR count). The zero-order valence-electron chi connectivity index (χ0n) is 12.2. The molecule has 0 radical (unpaired) electrons. The smallest absolute Gasteiger partial charge is 0.101 e. The van der Waals surface area contributed by atoms with Crippen molar-refractivity contribution in [3.05, 3.63) is 34.6 Å². The van der Waals surface area contributed by atoms with E-state index in [9.17, 15) is 5.11 Å². The van der Waals surface area contributed by atoms with E-state index in [-0.39, 0.29) is 0 Å². The van der Waals surface area contributed by atoms with E-state index in [0.717, 1.165) is 36.6 Å². The number of nitrogens with zero attached hydrogens (tertiary/aromatic N) is 4. The maximum absolute atomic E-state index is 10.5. The molecule has 0 saturated heterocycles. The van der Waals surface area contributed by atoms with E-state index >= 15 is 0 Å². The molecule has 2 aromatic rings. The molecule has 0 aliphatic heterocycles. The third-order valence-corrected chi connectivity index (χ3v) is 3.88. The first-order valence-electron chi connectivity index (χ1n) is 6.98. The predicted octanol–water partition coefficient (Wildman–Crippen LogP) is 2.75. The monoisotopic (exact) mass is 296 g/mol. The molecular weight excluding hydrogens is 276 g/mol. The molecular formula is C14H21ClN4O. The minimum Gasteiger partial charge on any atom is -0.386 e. The van der Waals surface area contributed by atoms with Gasteiger partial charge in [0.05, 0.1) is 34.6 Å². The van der Waals surface area contributed by atoms with Crippen LogP contribution in [0.1, 0.15) is 43.5 Å². The number of imidazole rings is 1. The normalized spacial score (nSPS) is 12.8. The number of halogens is 1. The lowest BCUT2D eigenvalue weighted by Crippen LogP contribution is -2.12. The first-order chi connectivity index (χ1) is 9.58. The van der Waals surface area contributed by atoms with Crippen LogP contribution in [-0.4, -0.2) is 24.4 Å². The minimum absolute atomic E-state index is 0.447. The van der Waals surface area contributed by atoms with Gasteiger partial charge in [-0.3, -0.25) is 4.68 Å². The number of aromatic nitrogens is 4. The maximum atomic E-state index is 10.5. The number of aryl methyl sites for hydroxylation is 3. The third kappa shape index (κ3) is 2.88. The van der Waals surface area contributed by atoms with Crippen molar-refractivity contribution < 1.29 is 5.11 Å². The van der Waals surface area contributed by atoms with Gasteiger partial charge in [-0.1, -0.05) is 18.5 Å². The lowest BCUT2D eigenvalue weighted by Gasteiger charge is -2.14. The van der Waals surface area contributed by atoms with Gasteiger partial charge in [0.15, 0.2) is 0 Å². The summed E-state index contributed by atoms with van der Waals surface area (Å²) in [5.41, 5.74) is 2.51. The van der Waals surface area contributed by atoms with E-state index in [1.54, 1.807) is 12.5 Å². The molecule has 0 aromatic carbocycles. The molecule has 0 aliphatic rings. The Hall–Kier alpha value is -1.33. The van der Waals surface area contributed by atoms with E-state index < -0.39 is 6.10 Å². The summed E-state index contributed by atoms with van der Waals surface area (Å²) in [6, 6.07) is 0. The minimum atomic E-state index is -0.622. The Bertz CT molecular complexity index is 576. The molecule has 2 heterocycles. The highest BCUT2D eigenvalue weighted by Gasteiger charge is 2.19. The van der Waals surface area contributed by atoms with Crippen LogP contribution in [0.25, 0.3) is 0 Å². The average Bonchev–Trinajstić information content (AvgIpc) is 2.99. The van der Waals surface area contributed by atoms with Gasteiger partial charge < -0.3 is 9.67 Å². The second-order valence-electron chi connectivity index (χ2n) is 4.89. The number of aliphatic hydroxyl groups is 1. The van der Waals surface area contributed by atoms with Crippen LogP contribution in [0, 0.1) is 6.92 Å². The van der Waals surface area contributed by atoms with E-state index in [0.29, 0.717) is 11.4 Å². The molecule has 0 aliphatic carbocycles. The summed E-state index contributed by atoms with van der Waals surface area (Å²) in [6.07, 6.45) is 4.30. The molecule has 0 bridgehead atoms. The van der Waals surface area contributed by atoms with Gasteiger partial charge in [-0.15, -0.1) is 0 Å². The zero-order valence-corrected chi connectivity index (χ0v) is 12.9. The Morgan fingerprint density at radius 2 is 2.15 bits per heavy atom. The Kier molecular flexibility index (Phi) is 4.83. The van der Waals surface area contributed by atoms with Gasteiger partial charge in [-0.2, -0.15) is 5.10 Å². The number of rotatable bonds is 6. The van der Waals surface area contributed by atoms with Crippen molar-refractivity contribution >= 4 is 11.6 Å². The molecule has 2 aromatic heterocycles. The Balaban J connectivity index is 2.23. The van der Waals surface area contributed by atoms with Crippen LogP contribution in [0.15, 0.2) is 12.5 Å². The molecule has 110 valence electrons. The van der Waals surface area contributed by atoms with Gasteiger partial charge in [-0.05, 0) is 20.3 Å². The SMILES string of the molecule is CCCn1cncc1C(O)Cc1c(Cl)c(C)nn1CC. The van der Waals surface area contributed by atoms with Crippen molar-refractivity contribution in [1.29, 1.82) is 0 Å². The van der Waals surface area contributed by atoms with Crippen LogP contribution in [-0.2, 0) is 19.5 Å². The standard InChI is InChI=1S/C14H21ClN4O/c1-4-6-18-9-16-8-12(18)13(20)7-11-14(15)10(3)17-19(11)5-2/h8-9,13,20H,4-7H2,1-3H3. The summed E-state index contributed by atoms with van der Waals surface area (Å²) >= 11 is 6.28. The molecule has 1 atom stereocenters. The molecule has 5 nitrogen and oxygen atoms in total. The molecule has 6 heteroatoms. The van der Waals surface area contributed by atoms with Crippen molar-refractivity contribution in [1.82, 2.24) is 19.3 Å². The van der Waals surface area contributed by atoms with Crippen molar-refractivity contribution in [3.8, 4) is 0 Å². The highest BCUT2D eigenvalue weighted by atomic mass is 35.5. The summed E-state index contributed by atoms with van der Waals surface area (Å²) in [6.45, 7) is 7.59. The van der Waals surface area contributed by atoms with Crippen LogP contribution < -0.4 is 0 Å². The second-order valence-corrected chi connectivity index (χ2v) is 5.27. The fraction of sp³-hybridized carbons (Fsp3) is 0.571. The molecule has 0 fully saturated rings. The molecule has 1 N–H and O–H groups in total. The summed E-state index contributed by atoms with van der Waals surface area (Å²) in [5.74, 6) is 0. The fourth-order valence-corrected chi connectivity index (χ4v) is 2.60. The number of hydrogen-bond donors (Lipinski definition) is 1. The average molecular weight is 297 g/mol. The van der Waals surface area contributed by atoms with Gasteiger partial charge in [0.1, 0.15) is 6.10 Å². The highest BCUT2D eigenvalue weighted by Crippen LogP contribution is 2.26. The molecule has 0 amide bonds. The maximum Gasteiger partial charge on any atom is 0.101 e. The van der Waals surface area contributed by atoms with Gasteiger partial charge >= 0.3 is 0 Å².